The average Bonchev–Trinajstić information content (AvgIpc) is 3.21. The molecule has 3 aromatic rings. The quantitative estimate of drug-likeness (QED) is 0.266. The minimum Gasteiger partial charge on any atom is -0.452 e. The second-order valence-electron chi connectivity index (χ2n) is 6.65. The number of hydrogen-bond donors (Lipinski definition) is 2. The van der Waals surface area contributed by atoms with E-state index in [1.165, 1.54) is 36.2 Å². The van der Waals surface area contributed by atoms with E-state index in [4.69, 9.17) is 11.6 Å². The number of amides is 3. The van der Waals surface area contributed by atoms with Gasteiger partial charge in [-0.25, -0.2) is 24.9 Å². The maximum absolute atomic E-state index is 13.3. The third-order valence-electron chi connectivity index (χ3n) is 4.34. The number of benzene rings is 1. The molecule has 0 aliphatic heterocycles. The second-order valence-corrected chi connectivity index (χ2v) is 9.63. The van der Waals surface area contributed by atoms with Crippen LogP contribution in [0.25, 0.3) is 5.82 Å². The largest absolute Gasteiger partial charge is 0.452 e. The molecule has 2 heterocycles. The van der Waals surface area contributed by atoms with Crippen LogP contribution < -0.4 is 10.7 Å². The molecule has 0 aliphatic rings. The van der Waals surface area contributed by atoms with Crippen molar-refractivity contribution in [3.05, 3.63) is 79.0 Å². The SMILES string of the molecule is C=CCN(NC(=O)OC)C(=O)c1cc(Br)cc(Br)c1NC(=O)c1cc(Br)nn1-c1ncccc1Cl. The number of methoxy groups -OCH3 is 1. The smallest absolute Gasteiger partial charge is 0.425 e. The average molecular weight is 692 g/mol. The van der Waals surface area contributed by atoms with Gasteiger partial charge in [-0.05, 0) is 56.1 Å². The highest BCUT2D eigenvalue weighted by molar-refractivity contribution is 9.11. The molecule has 182 valence electrons. The lowest BCUT2D eigenvalue weighted by Gasteiger charge is -2.23. The van der Waals surface area contributed by atoms with Gasteiger partial charge < -0.3 is 10.1 Å². The Labute approximate surface area is 230 Å². The molecule has 0 bridgehead atoms. The Balaban J connectivity index is 2.03. The van der Waals surface area contributed by atoms with Gasteiger partial charge in [0.2, 0.25) is 0 Å². The summed E-state index contributed by atoms with van der Waals surface area (Å²) in [7, 11) is 1.17. The van der Waals surface area contributed by atoms with Gasteiger partial charge in [0.1, 0.15) is 10.3 Å². The zero-order valence-electron chi connectivity index (χ0n) is 17.9. The molecule has 14 heteroatoms. The Kier molecular flexibility index (Phi) is 9.05. The number of ether oxygens (including phenoxy) is 1. The van der Waals surface area contributed by atoms with E-state index < -0.39 is 17.9 Å². The van der Waals surface area contributed by atoms with Crippen LogP contribution in [-0.2, 0) is 4.74 Å². The molecular formula is C21H16Br3ClN6O4. The van der Waals surface area contributed by atoms with Crippen LogP contribution in [0.15, 0.2) is 62.7 Å². The number of rotatable bonds is 6. The number of anilines is 1. The summed E-state index contributed by atoms with van der Waals surface area (Å²) in [6.07, 6.45) is 2.09. The van der Waals surface area contributed by atoms with Crippen molar-refractivity contribution < 1.29 is 19.1 Å². The predicted molar refractivity (Wildman–Crippen MR) is 141 cm³/mol. The molecule has 3 amide bonds. The van der Waals surface area contributed by atoms with Gasteiger partial charge in [0, 0.05) is 21.2 Å². The van der Waals surface area contributed by atoms with E-state index in [1.807, 2.05) is 0 Å². The van der Waals surface area contributed by atoms with Crippen LogP contribution >= 0.6 is 59.4 Å². The van der Waals surface area contributed by atoms with Crippen LogP contribution in [0, 0.1) is 0 Å². The fourth-order valence-electron chi connectivity index (χ4n) is 2.87. The van der Waals surface area contributed by atoms with Gasteiger partial charge >= 0.3 is 6.09 Å². The monoisotopic (exact) mass is 688 g/mol. The third kappa shape index (κ3) is 6.28. The van der Waals surface area contributed by atoms with Crippen molar-refractivity contribution in [3.8, 4) is 5.82 Å². The molecule has 0 radical (unpaired) electrons. The summed E-state index contributed by atoms with van der Waals surface area (Å²) in [5, 5.41) is 8.27. The number of pyridine rings is 1. The molecule has 2 aromatic heterocycles. The highest BCUT2D eigenvalue weighted by Crippen LogP contribution is 2.32. The lowest BCUT2D eigenvalue weighted by molar-refractivity contribution is 0.0659. The number of hydrogen-bond acceptors (Lipinski definition) is 6. The summed E-state index contributed by atoms with van der Waals surface area (Å²) < 4.78 is 7.19. The second kappa shape index (κ2) is 11.8. The van der Waals surface area contributed by atoms with Crippen molar-refractivity contribution in [2.24, 2.45) is 0 Å². The Bertz CT molecular complexity index is 1320. The number of nitrogens with one attached hydrogen (secondary N) is 2. The van der Waals surface area contributed by atoms with Crippen molar-refractivity contribution >= 4 is 83.0 Å². The molecule has 0 atom stereocenters. The van der Waals surface area contributed by atoms with E-state index in [0.29, 0.717) is 13.5 Å². The lowest BCUT2D eigenvalue weighted by Crippen LogP contribution is -2.46. The topological polar surface area (TPSA) is 118 Å². The molecule has 0 unspecified atom stereocenters. The molecule has 10 nitrogen and oxygen atoms in total. The summed E-state index contributed by atoms with van der Waals surface area (Å²) in [6.45, 7) is 3.57. The molecule has 2 N–H and O–H groups in total. The fourth-order valence-corrected chi connectivity index (χ4v) is 4.77. The van der Waals surface area contributed by atoms with Gasteiger partial charge in [-0.3, -0.25) is 9.59 Å². The molecule has 1 aromatic carbocycles. The zero-order valence-corrected chi connectivity index (χ0v) is 23.4. The van der Waals surface area contributed by atoms with E-state index in [0.717, 1.165) is 5.01 Å². The van der Waals surface area contributed by atoms with E-state index in [9.17, 15) is 14.4 Å². The maximum Gasteiger partial charge on any atom is 0.425 e. The Morgan fingerprint density at radius 3 is 2.66 bits per heavy atom. The molecule has 0 saturated heterocycles. The standard InChI is InChI=1S/C21H16Br3ClN6O4/c1-3-7-30(29-21(34)35-2)20(33)12-8-11(22)9-13(23)17(12)27-19(32)15-10-16(24)28-31(15)18-14(25)5-4-6-26-18/h3-6,8-10H,1,7H2,2H3,(H,27,32)(H,29,34). The Morgan fingerprint density at radius 2 is 2.00 bits per heavy atom. The van der Waals surface area contributed by atoms with Gasteiger partial charge in [-0.1, -0.05) is 33.6 Å². The molecule has 0 spiro atoms. The van der Waals surface area contributed by atoms with Crippen LogP contribution in [0.4, 0.5) is 10.5 Å². The molecular weight excluding hydrogens is 675 g/mol. The number of nitrogens with zero attached hydrogens (tertiary/aromatic N) is 4. The highest BCUT2D eigenvalue weighted by atomic mass is 79.9. The first kappa shape index (κ1) is 26.9. The zero-order chi connectivity index (χ0) is 25.7. The molecule has 3 rings (SSSR count). The minimum atomic E-state index is -0.846. The molecule has 0 saturated carbocycles. The predicted octanol–water partition coefficient (Wildman–Crippen LogP) is 5.36. The van der Waals surface area contributed by atoms with Crippen LogP contribution in [0.5, 0.6) is 0 Å². The lowest BCUT2D eigenvalue weighted by atomic mass is 10.1. The van der Waals surface area contributed by atoms with Gasteiger partial charge in [0.05, 0.1) is 29.9 Å². The Hall–Kier alpha value is -2.74. The van der Waals surface area contributed by atoms with Gasteiger partial charge in [0.25, 0.3) is 11.8 Å². The van der Waals surface area contributed by atoms with Crippen molar-refractivity contribution in [2.45, 2.75) is 0 Å². The summed E-state index contributed by atoms with van der Waals surface area (Å²) in [4.78, 5) is 42.6. The van der Waals surface area contributed by atoms with Crippen LogP contribution in [0.2, 0.25) is 5.02 Å². The summed E-state index contributed by atoms with van der Waals surface area (Å²) in [6, 6.07) is 7.91. The fraction of sp³-hybridized carbons (Fsp3) is 0.0952. The summed E-state index contributed by atoms with van der Waals surface area (Å²) in [5.74, 6) is -0.983. The molecule has 0 aliphatic carbocycles. The van der Waals surface area contributed by atoms with Crippen LogP contribution in [0.3, 0.4) is 0 Å². The van der Waals surface area contributed by atoms with Crippen molar-refractivity contribution in [1.29, 1.82) is 0 Å². The normalized spacial score (nSPS) is 10.4. The van der Waals surface area contributed by atoms with Crippen molar-refractivity contribution in [1.82, 2.24) is 25.2 Å². The first-order valence-corrected chi connectivity index (χ1v) is 12.4. The highest BCUT2D eigenvalue weighted by Gasteiger charge is 2.26. The van der Waals surface area contributed by atoms with Gasteiger partial charge in [-0.15, -0.1) is 6.58 Å². The molecule has 35 heavy (non-hydrogen) atoms. The van der Waals surface area contributed by atoms with E-state index in [-0.39, 0.29) is 34.3 Å². The first-order valence-electron chi connectivity index (χ1n) is 9.60. The number of hydrazine groups is 1. The Morgan fingerprint density at radius 1 is 1.26 bits per heavy atom. The van der Waals surface area contributed by atoms with Gasteiger partial charge in [-0.2, -0.15) is 5.10 Å². The number of carbonyl (C=O) groups excluding carboxylic acids is 3. The first-order chi connectivity index (χ1) is 16.7. The van der Waals surface area contributed by atoms with E-state index in [1.54, 1.807) is 18.2 Å². The van der Waals surface area contributed by atoms with Gasteiger partial charge in [0.15, 0.2) is 5.82 Å². The molecule has 0 fully saturated rings. The third-order valence-corrected chi connectivity index (χ3v) is 6.11. The number of halogens is 4. The van der Waals surface area contributed by atoms with Crippen molar-refractivity contribution in [3.63, 3.8) is 0 Å². The minimum absolute atomic E-state index is 0.0245. The number of carbonyl (C=O) groups is 3. The summed E-state index contributed by atoms with van der Waals surface area (Å²) >= 11 is 16.2. The van der Waals surface area contributed by atoms with Crippen LogP contribution in [-0.4, -0.2) is 51.3 Å². The van der Waals surface area contributed by atoms with E-state index in [2.05, 4.69) is 79.9 Å². The van der Waals surface area contributed by atoms with Crippen molar-refractivity contribution in [2.75, 3.05) is 19.0 Å². The van der Waals surface area contributed by atoms with E-state index >= 15 is 0 Å². The maximum atomic E-state index is 13.3. The van der Waals surface area contributed by atoms with Crippen LogP contribution in [0.1, 0.15) is 20.8 Å². The summed E-state index contributed by atoms with van der Waals surface area (Å²) in [5.41, 5.74) is 2.64. The number of aromatic nitrogens is 3.